The van der Waals surface area contributed by atoms with Gasteiger partial charge in [-0.3, -0.25) is 4.79 Å². The average Bonchev–Trinajstić information content (AvgIpc) is 3.09. The molecule has 4 rings (SSSR count). The van der Waals surface area contributed by atoms with Crippen molar-refractivity contribution in [2.24, 2.45) is 0 Å². The van der Waals surface area contributed by atoms with Crippen LogP contribution < -0.4 is 5.32 Å². The summed E-state index contributed by atoms with van der Waals surface area (Å²) in [7, 11) is 0. The molecule has 0 aliphatic rings. The van der Waals surface area contributed by atoms with Crippen LogP contribution >= 0.6 is 34.7 Å². The lowest BCUT2D eigenvalue weighted by atomic mass is 10.2. The molecule has 4 aromatic rings. The number of benzene rings is 3. The summed E-state index contributed by atoms with van der Waals surface area (Å²) in [6.07, 6.45) is 0. The van der Waals surface area contributed by atoms with Gasteiger partial charge in [0.2, 0.25) is 0 Å². The monoisotopic (exact) mass is 424 g/mol. The maximum atomic E-state index is 12.4. The minimum atomic E-state index is -0.158. The number of aromatic nitrogens is 1. The second kappa shape index (κ2) is 8.35. The highest BCUT2D eigenvalue weighted by Crippen LogP contribution is 2.33. The van der Waals surface area contributed by atoms with E-state index in [1.165, 1.54) is 11.1 Å². The van der Waals surface area contributed by atoms with Crippen molar-refractivity contribution in [3.8, 4) is 0 Å². The summed E-state index contributed by atoms with van der Waals surface area (Å²) in [4.78, 5) is 17.1. The summed E-state index contributed by atoms with van der Waals surface area (Å²) in [5.74, 6) is 0.733. The van der Waals surface area contributed by atoms with Gasteiger partial charge in [-0.15, -0.1) is 11.3 Å². The van der Waals surface area contributed by atoms with Crippen LogP contribution in [0.3, 0.4) is 0 Å². The van der Waals surface area contributed by atoms with Crippen LogP contribution in [0.5, 0.6) is 0 Å². The minimum absolute atomic E-state index is 0.158. The SMILES string of the molecule is Cc1cccc(CSc2nc3ccc(NC(=O)c4ccc(Cl)cc4)cc3s2)c1. The number of nitrogens with zero attached hydrogens (tertiary/aromatic N) is 1. The molecule has 0 radical (unpaired) electrons. The molecular formula is C22H17ClN2OS2. The van der Waals surface area contributed by atoms with Gasteiger partial charge in [0.05, 0.1) is 10.2 Å². The molecule has 1 aromatic heterocycles. The molecule has 6 heteroatoms. The Bertz CT molecular complexity index is 1140. The van der Waals surface area contributed by atoms with Crippen molar-refractivity contribution in [1.29, 1.82) is 0 Å². The van der Waals surface area contributed by atoms with Gasteiger partial charge in [-0.05, 0) is 55.0 Å². The summed E-state index contributed by atoms with van der Waals surface area (Å²) in [5, 5.41) is 3.54. The standard InChI is InChI=1S/C22H17ClN2OS2/c1-14-3-2-4-15(11-14)13-27-22-25-19-10-9-18(12-20(19)28-22)24-21(26)16-5-7-17(23)8-6-16/h2-12H,13H2,1H3,(H,24,26). The summed E-state index contributed by atoms with van der Waals surface area (Å²) < 4.78 is 2.08. The number of carbonyl (C=O) groups excluding carboxylic acids is 1. The number of nitrogens with one attached hydrogen (secondary N) is 1. The molecule has 0 aliphatic heterocycles. The van der Waals surface area contributed by atoms with Crippen molar-refractivity contribution < 1.29 is 4.79 Å². The number of hydrogen-bond donors (Lipinski definition) is 1. The third kappa shape index (κ3) is 4.55. The zero-order chi connectivity index (χ0) is 19.5. The predicted octanol–water partition coefficient (Wildman–Crippen LogP) is 6.80. The van der Waals surface area contributed by atoms with Gasteiger partial charge in [0.1, 0.15) is 0 Å². The molecule has 1 amide bonds. The first-order chi connectivity index (χ1) is 13.6. The number of thioether (sulfide) groups is 1. The van der Waals surface area contributed by atoms with E-state index in [4.69, 9.17) is 16.6 Å². The number of halogens is 1. The molecule has 3 nitrogen and oxygen atoms in total. The van der Waals surface area contributed by atoms with Crippen LogP contribution in [0.4, 0.5) is 5.69 Å². The van der Waals surface area contributed by atoms with E-state index in [2.05, 4.69) is 36.5 Å². The molecule has 0 fully saturated rings. The lowest BCUT2D eigenvalue weighted by Crippen LogP contribution is -2.11. The van der Waals surface area contributed by atoms with Crippen molar-refractivity contribution in [2.75, 3.05) is 5.32 Å². The van der Waals surface area contributed by atoms with Crippen LogP contribution in [0.15, 0.2) is 71.1 Å². The summed E-state index contributed by atoms with van der Waals surface area (Å²) in [6.45, 7) is 2.10. The maximum absolute atomic E-state index is 12.4. The van der Waals surface area contributed by atoms with Crippen LogP contribution in [-0.2, 0) is 5.75 Å². The van der Waals surface area contributed by atoms with Crippen LogP contribution in [-0.4, -0.2) is 10.9 Å². The minimum Gasteiger partial charge on any atom is -0.322 e. The Kier molecular flexibility index (Phi) is 5.67. The third-order valence-electron chi connectivity index (χ3n) is 4.18. The van der Waals surface area contributed by atoms with Crippen molar-refractivity contribution in [1.82, 2.24) is 4.98 Å². The van der Waals surface area contributed by atoms with E-state index in [-0.39, 0.29) is 5.91 Å². The van der Waals surface area contributed by atoms with E-state index in [1.807, 2.05) is 18.2 Å². The molecule has 0 spiro atoms. The second-order valence-corrected chi connectivity index (χ2v) is 9.09. The van der Waals surface area contributed by atoms with E-state index in [9.17, 15) is 4.79 Å². The van der Waals surface area contributed by atoms with Crippen molar-refractivity contribution in [3.63, 3.8) is 0 Å². The molecule has 0 saturated heterocycles. The van der Waals surface area contributed by atoms with Gasteiger partial charge < -0.3 is 5.32 Å². The third-order valence-corrected chi connectivity index (χ3v) is 6.66. The van der Waals surface area contributed by atoms with Crippen LogP contribution in [0.25, 0.3) is 10.2 Å². The lowest BCUT2D eigenvalue weighted by Gasteiger charge is -2.05. The van der Waals surface area contributed by atoms with Gasteiger partial charge >= 0.3 is 0 Å². The zero-order valence-corrected chi connectivity index (χ0v) is 17.5. The number of anilines is 1. The fourth-order valence-corrected chi connectivity index (χ4v) is 4.97. The van der Waals surface area contributed by atoms with Gasteiger partial charge in [-0.1, -0.05) is 53.2 Å². The smallest absolute Gasteiger partial charge is 0.255 e. The van der Waals surface area contributed by atoms with Gasteiger partial charge in [-0.25, -0.2) is 4.98 Å². The Morgan fingerprint density at radius 1 is 1.11 bits per heavy atom. The van der Waals surface area contributed by atoms with Crippen molar-refractivity contribution in [3.05, 3.63) is 88.4 Å². The van der Waals surface area contributed by atoms with Gasteiger partial charge in [0, 0.05) is 22.0 Å². The van der Waals surface area contributed by atoms with Crippen LogP contribution in [0.1, 0.15) is 21.5 Å². The average molecular weight is 425 g/mol. The van der Waals surface area contributed by atoms with E-state index in [1.54, 1.807) is 47.4 Å². The Labute approximate surface area is 176 Å². The van der Waals surface area contributed by atoms with E-state index >= 15 is 0 Å². The number of carbonyl (C=O) groups is 1. The van der Waals surface area contributed by atoms with E-state index < -0.39 is 0 Å². The number of amides is 1. The van der Waals surface area contributed by atoms with E-state index in [0.717, 1.165) is 26.0 Å². The number of hydrogen-bond acceptors (Lipinski definition) is 4. The summed E-state index contributed by atoms with van der Waals surface area (Å²) in [6, 6.07) is 21.2. The fourth-order valence-electron chi connectivity index (χ4n) is 2.79. The molecule has 0 unspecified atom stereocenters. The maximum Gasteiger partial charge on any atom is 0.255 e. The number of fused-ring (bicyclic) bond motifs is 1. The number of rotatable bonds is 5. The molecule has 1 N–H and O–H groups in total. The van der Waals surface area contributed by atoms with Crippen molar-refractivity contribution >= 4 is 56.5 Å². The predicted molar refractivity (Wildman–Crippen MR) is 120 cm³/mol. The molecule has 0 saturated carbocycles. The Balaban J connectivity index is 1.46. The molecule has 140 valence electrons. The topological polar surface area (TPSA) is 42.0 Å². The number of thiazole rings is 1. The Hall–Kier alpha value is -2.34. The molecular weight excluding hydrogens is 408 g/mol. The summed E-state index contributed by atoms with van der Waals surface area (Å²) >= 11 is 9.25. The van der Waals surface area contributed by atoms with E-state index in [0.29, 0.717) is 10.6 Å². The van der Waals surface area contributed by atoms with Crippen LogP contribution in [0.2, 0.25) is 5.02 Å². The second-order valence-electron chi connectivity index (χ2n) is 6.40. The highest BCUT2D eigenvalue weighted by Gasteiger charge is 2.09. The number of aryl methyl sites for hydroxylation is 1. The Morgan fingerprint density at radius 3 is 2.71 bits per heavy atom. The van der Waals surface area contributed by atoms with Gasteiger partial charge in [0.25, 0.3) is 5.91 Å². The fraction of sp³-hybridized carbons (Fsp3) is 0.0909. The largest absolute Gasteiger partial charge is 0.322 e. The molecule has 3 aromatic carbocycles. The first-order valence-electron chi connectivity index (χ1n) is 8.73. The highest BCUT2D eigenvalue weighted by atomic mass is 35.5. The first-order valence-corrected chi connectivity index (χ1v) is 10.9. The zero-order valence-electron chi connectivity index (χ0n) is 15.1. The molecule has 0 atom stereocenters. The highest BCUT2D eigenvalue weighted by molar-refractivity contribution is 8.00. The molecule has 0 aliphatic carbocycles. The van der Waals surface area contributed by atoms with Crippen LogP contribution in [0, 0.1) is 6.92 Å². The first kappa shape index (κ1) is 19.0. The molecule has 0 bridgehead atoms. The van der Waals surface area contributed by atoms with Crippen molar-refractivity contribution in [2.45, 2.75) is 17.0 Å². The molecule has 28 heavy (non-hydrogen) atoms. The van der Waals surface area contributed by atoms with Gasteiger partial charge in [-0.2, -0.15) is 0 Å². The summed E-state index contributed by atoms with van der Waals surface area (Å²) in [5.41, 5.74) is 4.83. The lowest BCUT2D eigenvalue weighted by molar-refractivity contribution is 0.102. The normalized spacial score (nSPS) is 10.9. The Morgan fingerprint density at radius 2 is 1.93 bits per heavy atom. The quantitative estimate of drug-likeness (QED) is 0.358. The van der Waals surface area contributed by atoms with Gasteiger partial charge in [0.15, 0.2) is 4.34 Å². The molecule has 1 heterocycles.